The molecule has 0 aliphatic carbocycles. The number of para-hydroxylation sites is 1. The Labute approximate surface area is 140 Å². The van der Waals surface area contributed by atoms with Crippen molar-refractivity contribution in [1.29, 1.82) is 0 Å². The van der Waals surface area contributed by atoms with Crippen molar-refractivity contribution < 1.29 is 4.79 Å². The summed E-state index contributed by atoms with van der Waals surface area (Å²) in [6, 6.07) is 15.0. The lowest BCUT2D eigenvalue weighted by Crippen LogP contribution is -2.30. The molecule has 2 amide bonds. The summed E-state index contributed by atoms with van der Waals surface area (Å²) in [5.74, 6) is 1.07. The average molecular weight is 321 g/mol. The third kappa shape index (κ3) is 2.83. The molecule has 0 saturated heterocycles. The van der Waals surface area contributed by atoms with Gasteiger partial charge in [-0.2, -0.15) is 0 Å². The number of carbonyl (C=O) groups excluding carboxylic acids is 1. The molecule has 1 aliphatic rings. The predicted octanol–water partition coefficient (Wildman–Crippen LogP) is 3.13. The Bertz CT molecular complexity index is 887. The van der Waals surface area contributed by atoms with Gasteiger partial charge in [-0.15, -0.1) is 0 Å². The summed E-state index contributed by atoms with van der Waals surface area (Å²) in [6.07, 6.45) is 0. The van der Waals surface area contributed by atoms with Gasteiger partial charge < -0.3 is 15.2 Å². The fraction of sp³-hybridized carbons (Fsp3) is 0.222. The lowest BCUT2D eigenvalue weighted by molar-refractivity contribution is 0.262. The summed E-state index contributed by atoms with van der Waals surface area (Å²) in [7, 11) is 2.10. The molecule has 6 heteroatoms. The summed E-state index contributed by atoms with van der Waals surface area (Å²) >= 11 is 0. The van der Waals surface area contributed by atoms with Gasteiger partial charge in [0.2, 0.25) is 0 Å². The Hall–Kier alpha value is -2.86. The Morgan fingerprint density at radius 1 is 1.04 bits per heavy atom. The largest absolute Gasteiger partial charge is 0.326 e. The minimum absolute atomic E-state index is 0.260. The maximum absolute atomic E-state index is 12.1. The molecule has 0 atom stereocenters. The molecular weight excluding hydrogens is 302 g/mol. The fourth-order valence-corrected chi connectivity index (χ4v) is 3.03. The third-order valence-electron chi connectivity index (χ3n) is 4.23. The highest BCUT2D eigenvalue weighted by molar-refractivity contribution is 6.00. The van der Waals surface area contributed by atoms with Crippen LogP contribution in [0.15, 0.2) is 48.5 Å². The normalized spacial score (nSPS) is 14.4. The zero-order valence-electron chi connectivity index (χ0n) is 13.5. The maximum atomic E-state index is 12.1. The second kappa shape index (κ2) is 5.98. The molecule has 0 spiro atoms. The zero-order valence-corrected chi connectivity index (χ0v) is 13.5. The Kier molecular flexibility index (Phi) is 3.66. The second-order valence-electron chi connectivity index (χ2n) is 6.07. The van der Waals surface area contributed by atoms with E-state index < -0.39 is 0 Å². The molecule has 2 N–H and O–H groups in total. The van der Waals surface area contributed by atoms with Crippen LogP contribution in [-0.4, -0.2) is 34.1 Å². The fourth-order valence-electron chi connectivity index (χ4n) is 3.03. The Balaban J connectivity index is 1.54. The van der Waals surface area contributed by atoms with Gasteiger partial charge >= 0.3 is 6.03 Å². The Morgan fingerprint density at radius 2 is 1.83 bits per heavy atom. The van der Waals surface area contributed by atoms with Gasteiger partial charge in [0.15, 0.2) is 0 Å². The van der Waals surface area contributed by atoms with E-state index in [2.05, 4.69) is 27.1 Å². The van der Waals surface area contributed by atoms with E-state index in [-0.39, 0.29) is 6.03 Å². The predicted molar refractivity (Wildman–Crippen MR) is 95.2 cm³/mol. The van der Waals surface area contributed by atoms with Gasteiger partial charge in [0.25, 0.3) is 0 Å². The molecule has 2 heterocycles. The molecule has 0 bridgehead atoms. The van der Waals surface area contributed by atoms with E-state index in [0.717, 1.165) is 47.9 Å². The molecule has 6 nitrogen and oxygen atoms in total. The highest BCUT2D eigenvalue weighted by Crippen LogP contribution is 2.23. The van der Waals surface area contributed by atoms with Gasteiger partial charge in [0.05, 0.1) is 17.6 Å². The molecule has 24 heavy (non-hydrogen) atoms. The van der Waals surface area contributed by atoms with E-state index in [1.165, 1.54) is 0 Å². The van der Waals surface area contributed by atoms with Crippen LogP contribution in [-0.2, 0) is 13.1 Å². The third-order valence-corrected chi connectivity index (χ3v) is 4.23. The number of carbonyl (C=O) groups is 1. The van der Waals surface area contributed by atoms with E-state index in [4.69, 9.17) is 4.98 Å². The van der Waals surface area contributed by atoms with Gasteiger partial charge in [-0.1, -0.05) is 18.2 Å². The van der Waals surface area contributed by atoms with Gasteiger partial charge in [-0.25, -0.2) is 9.78 Å². The topological polar surface area (TPSA) is 62.2 Å². The molecule has 122 valence electrons. The van der Waals surface area contributed by atoms with Crippen molar-refractivity contribution in [2.45, 2.75) is 13.1 Å². The van der Waals surface area contributed by atoms with E-state index >= 15 is 0 Å². The molecular formula is C18H19N5O. The van der Waals surface area contributed by atoms with Crippen molar-refractivity contribution >= 4 is 28.4 Å². The minimum atomic E-state index is -0.260. The molecule has 1 aromatic heterocycles. The summed E-state index contributed by atoms with van der Waals surface area (Å²) in [4.78, 5) is 19.1. The number of amides is 2. The van der Waals surface area contributed by atoms with Crippen molar-refractivity contribution in [2.75, 3.05) is 24.2 Å². The Morgan fingerprint density at radius 3 is 2.67 bits per heavy atom. The number of nitrogens with zero attached hydrogens (tertiary/aromatic N) is 3. The maximum Gasteiger partial charge on any atom is 0.323 e. The molecule has 0 saturated carbocycles. The van der Waals surface area contributed by atoms with Crippen molar-refractivity contribution in [3.8, 4) is 0 Å². The number of anilines is 2. The lowest BCUT2D eigenvalue weighted by Gasteiger charge is -2.23. The summed E-state index contributed by atoms with van der Waals surface area (Å²) in [6.45, 7) is 2.83. The van der Waals surface area contributed by atoms with Crippen LogP contribution in [0.4, 0.5) is 16.2 Å². The van der Waals surface area contributed by atoms with E-state index in [9.17, 15) is 4.79 Å². The minimum Gasteiger partial charge on any atom is -0.326 e. The van der Waals surface area contributed by atoms with Gasteiger partial charge in [0.1, 0.15) is 5.82 Å². The number of imidazole rings is 1. The first-order chi connectivity index (χ1) is 11.7. The number of nitrogens with one attached hydrogen (secondary N) is 2. The molecule has 0 unspecified atom stereocenters. The van der Waals surface area contributed by atoms with E-state index in [1.54, 1.807) is 0 Å². The highest BCUT2D eigenvalue weighted by Gasteiger charge is 2.17. The first kappa shape index (κ1) is 14.7. The van der Waals surface area contributed by atoms with Crippen LogP contribution in [0.2, 0.25) is 0 Å². The van der Waals surface area contributed by atoms with Crippen LogP contribution in [0.25, 0.3) is 11.0 Å². The van der Waals surface area contributed by atoms with Gasteiger partial charge in [-0.3, -0.25) is 4.90 Å². The monoisotopic (exact) mass is 321 g/mol. The number of aromatic nitrogens is 2. The standard InChI is InChI=1S/C18H19N5O/c1-22-9-10-23-16-8-7-14(11-15(16)21-17(23)12-22)20-18(24)19-13-5-3-2-4-6-13/h2-8,11H,9-10,12H2,1H3,(H2,19,20,24). The van der Waals surface area contributed by atoms with Crippen LogP contribution < -0.4 is 10.6 Å². The molecule has 4 rings (SSSR count). The van der Waals surface area contributed by atoms with E-state index in [0.29, 0.717) is 0 Å². The first-order valence-electron chi connectivity index (χ1n) is 8.00. The van der Waals surface area contributed by atoms with Crippen LogP contribution in [0, 0.1) is 0 Å². The molecule has 0 fully saturated rings. The smallest absolute Gasteiger partial charge is 0.323 e. The number of hydrogen-bond acceptors (Lipinski definition) is 3. The van der Waals surface area contributed by atoms with Crippen LogP contribution in [0.1, 0.15) is 5.82 Å². The summed E-state index contributed by atoms with van der Waals surface area (Å²) in [5.41, 5.74) is 3.53. The van der Waals surface area contributed by atoms with Crippen LogP contribution in [0.3, 0.4) is 0 Å². The molecule has 3 aromatic rings. The lowest BCUT2D eigenvalue weighted by atomic mass is 10.2. The molecule has 0 radical (unpaired) electrons. The number of benzene rings is 2. The van der Waals surface area contributed by atoms with Crippen LogP contribution in [0.5, 0.6) is 0 Å². The van der Waals surface area contributed by atoms with Gasteiger partial charge in [-0.05, 0) is 37.4 Å². The van der Waals surface area contributed by atoms with Crippen molar-refractivity contribution in [2.24, 2.45) is 0 Å². The quantitative estimate of drug-likeness (QED) is 0.762. The summed E-state index contributed by atoms with van der Waals surface area (Å²) in [5, 5.41) is 5.67. The average Bonchev–Trinajstić information content (AvgIpc) is 2.92. The van der Waals surface area contributed by atoms with Crippen molar-refractivity contribution in [1.82, 2.24) is 14.5 Å². The molecule has 2 aromatic carbocycles. The SMILES string of the molecule is CN1CCn2c(nc3cc(NC(=O)Nc4ccccc4)ccc32)C1. The van der Waals surface area contributed by atoms with Crippen molar-refractivity contribution in [3.05, 3.63) is 54.4 Å². The number of urea groups is 1. The van der Waals surface area contributed by atoms with Crippen molar-refractivity contribution in [3.63, 3.8) is 0 Å². The number of likely N-dealkylation sites (N-methyl/N-ethyl adjacent to an activating group) is 1. The van der Waals surface area contributed by atoms with E-state index in [1.807, 2.05) is 48.5 Å². The first-order valence-corrected chi connectivity index (χ1v) is 8.00. The van der Waals surface area contributed by atoms with Crippen LogP contribution >= 0.6 is 0 Å². The second-order valence-corrected chi connectivity index (χ2v) is 6.07. The number of fused-ring (bicyclic) bond motifs is 3. The summed E-state index contributed by atoms with van der Waals surface area (Å²) < 4.78 is 2.25. The number of rotatable bonds is 2. The molecule has 1 aliphatic heterocycles. The number of hydrogen-bond donors (Lipinski definition) is 2. The zero-order chi connectivity index (χ0) is 16.5. The van der Waals surface area contributed by atoms with Gasteiger partial charge in [0, 0.05) is 24.5 Å². The highest BCUT2D eigenvalue weighted by atomic mass is 16.2.